The van der Waals surface area contributed by atoms with Gasteiger partial charge < -0.3 is 10.4 Å². The molecule has 0 saturated heterocycles. The van der Waals surface area contributed by atoms with Gasteiger partial charge in [-0.05, 0) is 61.2 Å². The first-order chi connectivity index (χ1) is 9.88. The Morgan fingerprint density at radius 3 is 2.29 bits per heavy atom. The average Bonchev–Trinajstić information content (AvgIpc) is 2.42. The molecule has 2 aromatic carbocycles. The molecule has 0 unspecified atom stereocenters. The molecule has 3 nitrogen and oxygen atoms in total. The van der Waals surface area contributed by atoms with Crippen molar-refractivity contribution in [3.8, 4) is 5.75 Å². The Balaban J connectivity index is 2.11. The van der Waals surface area contributed by atoms with E-state index >= 15 is 0 Å². The first-order valence-electron chi connectivity index (χ1n) is 6.72. The average molecular weight is 287 g/mol. The third-order valence-electron chi connectivity index (χ3n) is 3.40. The molecule has 0 spiro atoms. The van der Waals surface area contributed by atoms with E-state index in [9.17, 15) is 14.3 Å². The van der Waals surface area contributed by atoms with Crippen molar-refractivity contribution in [3.63, 3.8) is 0 Å². The van der Waals surface area contributed by atoms with Crippen molar-refractivity contribution in [1.29, 1.82) is 0 Å². The second-order valence-corrected chi connectivity index (χ2v) is 5.23. The third kappa shape index (κ3) is 3.40. The molecule has 1 amide bonds. The maximum Gasteiger partial charge on any atom is 0.251 e. The van der Waals surface area contributed by atoms with Gasteiger partial charge in [0.05, 0.1) is 0 Å². The number of halogens is 1. The van der Waals surface area contributed by atoms with Crippen molar-refractivity contribution in [1.82, 2.24) is 5.32 Å². The smallest absolute Gasteiger partial charge is 0.251 e. The summed E-state index contributed by atoms with van der Waals surface area (Å²) in [4.78, 5) is 12.1. The first kappa shape index (κ1) is 15.0. The Morgan fingerprint density at radius 2 is 1.71 bits per heavy atom. The Hall–Kier alpha value is -2.36. The van der Waals surface area contributed by atoms with Gasteiger partial charge in [-0.3, -0.25) is 4.79 Å². The maximum absolute atomic E-state index is 13.6. The molecule has 4 heteroatoms. The number of hydrogen-bond donors (Lipinski definition) is 2. The lowest BCUT2D eigenvalue weighted by Crippen LogP contribution is -2.23. The summed E-state index contributed by atoms with van der Waals surface area (Å²) in [6.07, 6.45) is 0. The summed E-state index contributed by atoms with van der Waals surface area (Å²) >= 11 is 0. The number of carbonyl (C=O) groups is 1. The normalized spacial score (nSPS) is 10.5. The third-order valence-corrected chi connectivity index (χ3v) is 3.40. The molecular weight excluding hydrogens is 269 g/mol. The Kier molecular flexibility index (Phi) is 4.26. The molecule has 2 N–H and O–H groups in total. The van der Waals surface area contributed by atoms with Crippen LogP contribution in [0.3, 0.4) is 0 Å². The van der Waals surface area contributed by atoms with E-state index in [0.29, 0.717) is 28.8 Å². The maximum atomic E-state index is 13.6. The van der Waals surface area contributed by atoms with Crippen molar-refractivity contribution >= 4 is 5.91 Å². The number of aryl methyl sites for hydroxylation is 3. The summed E-state index contributed by atoms with van der Waals surface area (Å²) < 4.78 is 13.6. The lowest BCUT2D eigenvalue weighted by molar-refractivity contribution is 0.0950. The van der Waals surface area contributed by atoms with Gasteiger partial charge in [-0.15, -0.1) is 0 Å². The molecule has 0 aromatic heterocycles. The molecule has 21 heavy (non-hydrogen) atoms. The molecule has 0 fully saturated rings. The highest BCUT2D eigenvalue weighted by molar-refractivity contribution is 5.95. The topological polar surface area (TPSA) is 49.3 Å². The van der Waals surface area contributed by atoms with E-state index in [1.54, 1.807) is 45.0 Å². The fourth-order valence-electron chi connectivity index (χ4n) is 2.32. The minimum Gasteiger partial charge on any atom is -0.508 e. The van der Waals surface area contributed by atoms with E-state index in [2.05, 4.69) is 5.32 Å². The number of phenols is 1. The zero-order chi connectivity index (χ0) is 15.6. The highest BCUT2D eigenvalue weighted by atomic mass is 19.1. The number of benzene rings is 2. The van der Waals surface area contributed by atoms with Gasteiger partial charge in [0.2, 0.25) is 0 Å². The van der Waals surface area contributed by atoms with E-state index < -0.39 is 0 Å². The van der Waals surface area contributed by atoms with Crippen molar-refractivity contribution in [2.75, 3.05) is 0 Å². The molecule has 0 aliphatic heterocycles. The van der Waals surface area contributed by atoms with E-state index in [4.69, 9.17) is 0 Å². The van der Waals surface area contributed by atoms with Crippen LogP contribution in [-0.4, -0.2) is 11.0 Å². The summed E-state index contributed by atoms with van der Waals surface area (Å²) in [7, 11) is 0. The molecule has 0 bridgehead atoms. The Morgan fingerprint density at radius 1 is 1.10 bits per heavy atom. The number of amides is 1. The van der Waals surface area contributed by atoms with Crippen LogP contribution in [0, 0.1) is 26.6 Å². The molecule has 0 heterocycles. The van der Waals surface area contributed by atoms with Crippen LogP contribution in [0.1, 0.15) is 32.6 Å². The number of carbonyl (C=O) groups excluding carboxylic acids is 1. The number of nitrogens with one attached hydrogen (secondary N) is 1. The lowest BCUT2D eigenvalue weighted by Gasteiger charge is -2.10. The van der Waals surface area contributed by atoms with E-state index in [-0.39, 0.29) is 17.5 Å². The van der Waals surface area contributed by atoms with Crippen LogP contribution in [0.15, 0.2) is 30.3 Å². The molecule has 2 rings (SSSR count). The SMILES string of the molecule is Cc1cc(O)ccc1C(=O)NCc1cc(C)c(F)c(C)c1. The predicted molar refractivity (Wildman–Crippen MR) is 79.9 cm³/mol. The van der Waals surface area contributed by atoms with Crippen molar-refractivity contribution in [3.05, 3.63) is 64.0 Å². The summed E-state index contributed by atoms with van der Waals surface area (Å²) in [5, 5.41) is 12.2. The van der Waals surface area contributed by atoms with Crippen LogP contribution in [0.4, 0.5) is 4.39 Å². The molecular formula is C17H18FNO2. The van der Waals surface area contributed by atoms with Crippen molar-refractivity contribution in [2.45, 2.75) is 27.3 Å². The van der Waals surface area contributed by atoms with Gasteiger partial charge in [-0.2, -0.15) is 0 Å². The molecule has 0 saturated carbocycles. The van der Waals surface area contributed by atoms with E-state index in [0.717, 1.165) is 5.56 Å². The minimum absolute atomic E-state index is 0.133. The number of phenolic OH excluding ortho intramolecular Hbond substituents is 1. The highest BCUT2D eigenvalue weighted by Gasteiger charge is 2.10. The van der Waals surface area contributed by atoms with Gasteiger partial charge >= 0.3 is 0 Å². The van der Waals surface area contributed by atoms with Gasteiger partial charge in [-0.25, -0.2) is 4.39 Å². The Bertz CT molecular complexity index is 672. The second-order valence-electron chi connectivity index (χ2n) is 5.23. The van der Waals surface area contributed by atoms with Gasteiger partial charge in [0, 0.05) is 12.1 Å². The number of hydrogen-bond acceptors (Lipinski definition) is 2. The van der Waals surface area contributed by atoms with Gasteiger partial charge in [0.25, 0.3) is 5.91 Å². The van der Waals surface area contributed by atoms with Gasteiger partial charge in [0.1, 0.15) is 11.6 Å². The summed E-state index contributed by atoms with van der Waals surface area (Å²) in [6.45, 7) is 5.51. The molecule has 2 aromatic rings. The quantitative estimate of drug-likeness (QED) is 0.909. The van der Waals surface area contributed by atoms with Gasteiger partial charge in [-0.1, -0.05) is 12.1 Å². The highest BCUT2D eigenvalue weighted by Crippen LogP contribution is 2.17. The fraction of sp³-hybridized carbons (Fsp3) is 0.235. The van der Waals surface area contributed by atoms with Crippen molar-refractivity contribution in [2.24, 2.45) is 0 Å². The standard InChI is InChI=1S/C17H18FNO2/c1-10-8-14(20)4-5-15(10)17(21)19-9-13-6-11(2)16(18)12(3)7-13/h4-8,20H,9H2,1-3H3,(H,19,21). The summed E-state index contributed by atoms with van der Waals surface area (Å²) in [5.74, 6) is -0.291. The van der Waals surface area contributed by atoms with Crippen LogP contribution >= 0.6 is 0 Å². The van der Waals surface area contributed by atoms with Gasteiger partial charge in [0.15, 0.2) is 0 Å². The largest absolute Gasteiger partial charge is 0.508 e. The summed E-state index contributed by atoms with van der Waals surface area (Å²) in [6, 6.07) is 8.06. The lowest BCUT2D eigenvalue weighted by atomic mass is 10.1. The van der Waals surface area contributed by atoms with Crippen LogP contribution in [0.5, 0.6) is 5.75 Å². The number of aromatic hydroxyl groups is 1. The Labute approximate surface area is 123 Å². The van der Waals surface area contributed by atoms with Crippen LogP contribution < -0.4 is 5.32 Å². The van der Waals surface area contributed by atoms with Crippen LogP contribution in [0.2, 0.25) is 0 Å². The molecule has 110 valence electrons. The zero-order valence-electron chi connectivity index (χ0n) is 12.3. The summed E-state index contributed by atoms with van der Waals surface area (Å²) in [5.41, 5.74) is 3.22. The molecule has 0 atom stereocenters. The van der Waals surface area contributed by atoms with E-state index in [1.807, 2.05) is 0 Å². The van der Waals surface area contributed by atoms with Crippen molar-refractivity contribution < 1.29 is 14.3 Å². The molecule has 0 aliphatic carbocycles. The number of rotatable bonds is 3. The molecule has 0 aliphatic rings. The fourth-order valence-corrected chi connectivity index (χ4v) is 2.32. The van der Waals surface area contributed by atoms with Crippen LogP contribution in [-0.2, 0) is 6.54 Å². The first-order valence-corrected chi connectivity index (χ1v) is 6.72. The second kappa shape index (κ2) is 5.95. The predicted octanol–water partition coefficient (Wildman–Crippen LogP) is 3.39. The van der Waals surface area contributed by atoms with Crippen LogP contribution in [0.25, 0.3) is 0 Å². The molecule has 0 radical (unpaired) electrons. The zero-order valence-corrected chi connectivity index (χ0v) is 12.3. The monoisotopic (exact) mass is 287 g/mol. The van der Waals surface area contributed by atoms with E-state index in [1.165, 1.54) is 6.07 Å². The minimum atomic E-state index is -0.216.